The van der Waals surface area contributed by atoms with Crippen molar-refractivity contribution < 1.29 is 18.7 Å². The molecular weight excluding hydrogens is 438 g/mol. The lowest BCUT2D eigenvalue weighted by atomic mass is 10.2. The van der Waals surface area contributed by atoms with Gasteiger partial charge in [-0.15, -0.1) is 5.73 Å². The molecule has 0 spiro atoms. The Morgan fingerprint density at radius 3 is 2.06 bits per heavy atom. The minimum absolute atomic E-state index is 0.228. The highest BCUT2D eigenvalue weighted by atomic mass is 32.1. The number of benzene rings is 1. The van der Waals surface area contributed by atoms with Crippen molar-refractivity contribution in [1.82, 2.24) is 10.9 Å². The fourth-order valence-corrected chi connectivity index (χ4v) is 2.17. The number of hydrogen-bond donors (Lipinski definition) is 3. The van der Waals surface area contributed by atoms with Crippen molar-refractivity contribution in [3.63, 3.8) is 0 Å². The van der Waals surface area contributed by atoms with Gasteiger partial charge in [-0.3, -0.25) is 15.6 Å². The average Bonchev–Trinajstić information content (AvgIpc) is 3.24. The highest BCUT2D eigenvalue weighted by Gasteiger charge is 2.11. The number of furan rings is 1. The van der Waals surface area contributed by atoms with E-state index in [2.05, 4.69) is 76.9 Å². The zero-order chi connectivity index (χ0) is 25.1. The number of thiocarbonyl (C=S) groups is 1. The first-order chi connectivity index (χ1) is 15.9. The second kappa shape index (κ2) is 17.1. The Bertz CT molecular complexity index is 1140. The van der Waals surface area contributed by atoms with Crippen LogP contribution in [-0.2, 0) is 0 Å². The molecule has 0 saturated carbocycles. The molecule has 1 heterocycles. The molecule has 0 aliphatic rings. The Kier molecular flexibility index (Phi) is 14.8. The summed E-state index contributed by atoms with van der Waals surface area (Å²) in [7, 11) is 3.11. The lowest BCUT2D eigenvalue weighted by Gasteiger charge is -2.13. The molecule has 1 amide bonds. The van der Waals surface area contributed by atoms with Gasteiger partial charge >= 0.3 is 0 Å². The van der Waals surface area contributed by atoms with Crippen molar-refractivity contribution in [2.24, 2.45) is 0 Å². The van der Waals surface area contributed by atoms with Crippen LogP contribution in [0.25, 0.3) is 0 Å². The first-order valence-electron chi connectivity index (χ1n) is 9.10. The highest BCUT2D eigenvalue weighted by Crippen LogP contribution is 2.29. The van der Waals surface area contributed by atoms with Gasteiger partial charge in [-0.25, -0.2) is 0 Å². The van der Waals surface area contributed by atoms with E-state index in [9.17, 15) is 4.79 Å². The molecule has 0 atom stereocenters. The fourth-order valence-electron chi connectivity index (χ4n) is 2.00. The summed E-state index contributed by atoms with van der Waals surface area (Å²) in [4.78, 5) is 11.9. The molecule has 2 aromatic rings. The van der Waals surface area contributed by atoms with Gasteiger partial charge in [0.15, 0.2) is 16.6 Å². The molecule has 7 nitrogen and oxygen atoms in total. The van der Waals surface area contributed by atoms with Gasteiger partial charge in [-0.1, -0.05) is 24.6 Å². The maximum Gasteiger partial charge on any atom is 0.273 e. The van der Waals surface area contributed by atoms with E-state index in [1.165, 1.54) is 6.26 Å². The molecular formula is C25H25N3O4S. The number of hydrazine groups is 1. The van der Waals surface area contributed by atoms with Gasteiger partial charge in [-0.2, -0.15) is 0 Å². The largest absolute Gasteiger partial charge is 0.493 e. The quantitative estimate of drug-likeness (QED) is 0.342. The lowest BCUT2D eigenvalue weighted by molar-refractivity contribution is 0.0942. The third kappa shape index (κ3) is 11.4. The molecule has 0 bridgehead atoms. The van der Waals surface area contributed by atoms with Crippen LogP contribution in [0.1, 0.15) is 16.1 Å². The Hall–Kier alpha value is -4.58. The summed E-state index contributed by atoms with van der Waals surface area (Å²) in [6, 6.07) is 6.83. The summed E-state index contributed by atoms with van der Waals surface area (Å²) in [5, 5.41) is 3.16. The SMILES string of the molecule is C=C=C.C=C=C=C=C=C=C.COc1ccc(NC(=S)NNC(=O)c2ccoc2C)cc1OC. The van der Waals surface area contributed by atoms with E-state index >= 15 is 0 Å². The molecule has 1 aromatic carbocycles. The van der Waals surface area contributed by atoms with E-state index in [0.717, 1.165) is 0 Å². The first kappa shape index (κ1) is 28.4. The van der Waals surface area contributed by atoms with Gasteiger partial charge in [-0.05, 0) is 67.7 Å². The Morgan fingerprint density at radius 1 is 0.970 bits per heavy atom. The Balaban J connectivity index is 0.000000863. The fraction of sp³-hybridized carbons (Fsp3) is 0.120. The topological polar surface area (TPSA) is 84.8 Å². The van der Waals surface area contributed by atoms with Crippen LogP contribution >= 0.6 is 12.2 Å². The summed E-state index contributed by atoms with van der Waals surface area (Å²) in [6.45, 7) is 14.4. The predicted molar refractivity (Wildman–Crippen MR) is 133 cm³/mol. The van der Waals surface area contributed by atoms with E-state index in [0.29, 0.717) is 28.5 Å². The van der Waals surface area contributed by atoms with Crippen molar-refractivity contribution in [2.75, 3.05) is 19.5 Å². The van der Waals surface area contributed by atoms with E-state index < -0.39 is 0 Å². The number of hydrogen-bond acceptors (Lipinski definition) is 5. The number of methoxy groups -OCH3 is 2. The zero-order valence-corrected chi connectivity index (χ0v) is 19.6. The summed E-state index contributed by atoms with van der Waals surface area (Å²) in [6.07, 6.45) is 1.45. The smallest absolute Gasteiger partial charge is 0.273 e. The zero-order valence-electron chi connectivity index (χ0n) is 18.8. The predicted octanol–water partition coefficient (Wildman–Crippen LogP) is 4.77. The number of ether oxygens (including phenoxy) is 2. The maximum atomic E-state index is 11.9. The van der Waals surface area contributed by atoms with Crippen LogP contribution < -0.4 is 25.6 Å². The molecule has 33 heavy (non-hydrogen) atoms. The van der Waals surface area contributed by atoms with Crippen molar-refractivity contribution >= 4 is 28.9 Å². The maximum absolute atomic E-state index is 11.9. The van der Waals surface area contributed by atoms with E-state index in [1.54, 1.807) is 45.4 Å². The van der Waals surface area contributed by atoms with Crippen molar-refractivity contribution in [1.29, 1.82) is 0 Å². The van der Waals surface area contributed by atoms with Gasteiger partial charge in [0.25, 0.3) is 5.91 Å². The number of anilines is 1. The summed E-state index contributed by atoms with van der Waals surface area (Å²) >= 11 is 5.12. The summed E-state index contributed by atoms with van der Waals surface area (Å²) < 4.78 is 15.4. The Labute approximate surface area is 199 Å². The normalized spacial score (nSPS) is 7.85. The summed E-state index contributed by atoms with van der Waals surface area (Å²) in [5.74, 6) is 1.37. The Morgan fingerprint density at radius 2 is 1.58 bits per heavy atom. The van der Waals surface area contributed by atoms with Gasteiger partial charge < -0.3 is 19.2 Å². The molecule has 2 rings (SSSR count). The van der Waals surface area contributed by atoms with Crippen LogP contribution in [0.4, 0.5) is 5.69 Å². The van der Waals surface area contributed by atoms with E-state index in [1.807, 2.05) is 0 Å². The number of aryl methyl sites for hydroxylation is 1. The number of carbonyl (C=O) groups is 1. The number of carbonyl (C=O) groups excluding carboxylic acids is 1. The molecule has 170 valence electrons. The van der Waals surface area contributed by atoms with E-state index in [4.69, 9.17) is 26.1 Å². The highest BCUT2D eigenvalue weighted by molar-refractivity contribution is 7.80. The molecule has 0 saturated heterocycles. The molecule has 0 aliphatic heterocycles. The van der Waals surface area contributed by atoms with Crippen molar-refractivity contribution in [3.05, 3.63) is 103 Å². The standard InChI is InChI=1S/C15H17N3O4S.C7H4.C3H4/c1-9-11(6-7-22-9)14(19)17-18-15(23)16-10-4-5-12(20-2)13(8-10)21-3;1-3-5-7-6-4-2;1-3-2/h4-8H,1-3H3,(H,17,19)(H2,16,18,23);1-2H2;1-2H2. The number of amides is 1. The van der Waals surface area contributed by atoms with Crippen LogP contribution in [0.15, 0.2) is 95.6 Å². The van der Waals surface area contributed by atoms with Gasteiger partial charge in [0.1, 0.15) is 5.76 Å². The van der Waals surface area contributed by atoms with Gasteiger partial charge in [0.05, 0.1) is 26.0 Å². The van der Waals surface area contributed by atoms with Crippen LogP contribution in [0.5, 0.6) is 11.5 Å². The third-order valence-electron chi connectivity index (χ3n) is 3.34. The summed E-state index contributed by atoms with van der Waals surface area (Å²) in [5.41, 5.74) is 20.5. The van der Waals surface area contributed by atoms with Crippen LogP contribution in [-0.4, -0.2) is 25.2 Å². The molecule has 0 unspecified atom stereocenters. The molecule has 0 radical (unpaired) electrons. The van der Waals surface area contributed by atoms with Crippen LogP contribution in [0.3, 0.4) is 0 Å². The second-order valence-corrected chi connectivity index (χ2v) is 5.88. The van der Waals surface area contributed by atoms with Gasteiger partial charge in [0, 0.05) is 11.8 Å². The first-order valence-corrected chi connectivity index (χ1v) is 9.51. The van der Waals surface area contributed by atoms with E-state index in [-0.39, 0.29) is 11.0 Å². The van der Waals surface area contributed by atoms with Gasteiger partial charge in [0.2, 0.25) is 0 Å². The minimum Gasteiger partial charge on any atom is -0.493 e. The van der Waals surface area contributed by atoms with Crippen molar-refractivity contribution in [3.8, 4) is 11.5 Å². The lowest BCUT2D eigenvalue weighted by Crippen LogP contribution is -2.43. The van der Waals surface area contributed by atoms with Crippen molar-refractivity contribution in [2.45, 2.75) is 6.92 Å². The molecule has 0 aliphatic carbocycles. The molecule has 8 heteroatoms. The third-order valence-corrected chi connectivity index (χ3v) is 3.54. The molecule has 0 fully saturated rings. The van der Waals surface area contributed by atoms with Crippen LogP contribution in [0, 0.1) is 6.92 Å². The number of rotatable bonds is 4. The van der Waals surface area contributed by atoms with Crippen LogP contribution in [0.2, 0.25) is 0 Å². The second-order valence-electron chi connectivity index (χ2n) is 5.47. The monoisotopic (exact) mass is 463 g/mol. The average molecular weight is 464 g/mol. The minimum atomic E-state index is -0.340. The number of nitrogens with one attached hydrogen (secondary N) is 3. The molecule has 3 N–H and O–H groups in total. The molecule has 1 aromatic heterocycles.